The zero-order valence-corrected chi connectivity index (χ0v) is 16.9. The molecule has 0 saturated carbocycles. The molecular formula is C22H20N2O4S. The number of hydrogen-bond donors (Lipinski definition) is 0. The predicted octanol–water partition coefficient (Wildman–Crippen LogP) is 4.55. The smallest absolute Gasteiger partial charge is 0.258 e. The van der Waals surface area contributed by atoms with Gasteiger partial charge in [-0.1, -0.05) is 42.5 Å². The van der Waals surface area contributed by atoms with Crippen LogP contribution in [0.1, 0.15) is 29.7 Å². The second kappa shape index (κ2) is 7.09. The molecule has 0 unspecified atom stereocenters. The van der Waals surface area contributed by atoms with E-state index in [0.29, 0.717) is 0 Å². The first kappa shape index (κ1) is 19.3. The Hall–Kier alpha value is -3.03. The molecule has 0 aliphatic heterocycles. The highest BCUT2D eigenvalue weighted by atomic mass is 32.2. The van der Waals surface area contributed by atoms with Gasteiger partial charge in [0.1, 0.15) is 0 Å². The van der Waals surface area contributed by atoms with Crippen LogP contribution in [0.5, 0.6) is 0 Å². The molecule has 1 atom stereocenters. The monoisotopic (exact) mass is 408 g/mol. The highest BCUT2D eigenvalue weighted by Crippen LogP contribution is 2.38. The molecule has 148 valence electrons. The number of nitro benzene ring substituents is 1. The van der Waals surface area contributed by atoms with Crippen LogP contribution in [-0.4, -0.2) is 24.7 Å². The summed E-state index contributed by atoms with van der Waals surface area (Å²) in [5.41, 5.74) is 5.66. The third kappa shape index (κ3) is 3.32. The number of sulfonamides is 1. The Morgan fingerprint density at radius 3 is 2.31 bits per heavy atom. The summed E-state index contributed by atoms with van der Waals surface area (Å²) in [6.07, 6.45) is 0.838. The van der Waals surface area contributed by atoms with Crippen LogP contribution in [0.3, 0.4) is 0 Å². The summed E-state index contributed by atoms with van der Waals surface area (Å²) < 4.78 is 27.3. The van der Waals surface area contributed by atoms with Crippen molar-refractivity contribution < 1.29 is 13.3 Å². The van der Waals surface area contributed by atoms with E-state index < -0.39 is 14.9 Å². The molecule has 0 radical (unpaired) electrons. The first-order valence-corrected chi connectivity index (χ1v) is 10.7. The first-order chi connectivity index (χ1) is 13.8. The molecule has 0 aromatic heterocycles. The lowest BCUT2D eigenvalue weighted by Gasteiger charge is -2.25. The fourth-order valence-electron chi connectivity index (χ4n) is 3.75. The van der Waals surface area contributed by atoms with E-state index in [4.69, 9.17) is 0 Å². The van der Waals surface area contributed by atoms with E-state index in [-0.39, 0.29) is 16.6 Å². The second-order valence-electron chi connectivity index (χ2n) is 7.20. The molecule has 0 spiro atoms. The minimum Gasteiger partial charge on any atom is -0.258 e. The predicted molar refractivity (Wildman–Crippen MR) is 111 cm³/mol. The van der Waals surface area contributed by atoms with Crippen LogP contribution in [0.2, 0.25) is 0 Å². The molecular weight excluding hydrogens is 388 g/mol. The van der Waals surface area contributed by atoms with Crippen molar-refractivity contribution >= 4 is 15.7 Å². The number of non-ortho nitro benzene ring substituents is 1. The van der Waals surface area contributed by atoms with Gasteiger partial charge in [-0.05, 0) is 53.3 Å². The molecule has 3 aromatic carbocycles. The van der Waals surface area contributed by atoms with Crippen molar-refractivity contribution in [3.8, 4) is 11.1 Å². The van der Waals surface area contributed by atoms with Crippen molar-refractivity contribution in [2.24, 2.45) is 0 Å². The molecule has 0 bridgehead atoms. The standard InChI is InChI=1S/C22H20N2O4S/c1-15(23(2)29(27,28)20-10-8-19(9-11-20)24(25)26)16-7-12-22-18(13-16)14-17-5-3-4-6-21(17)22/h3-13,15H,14H2,1-2H3/t15-/m0/s1. The average molecular weight is 408 g/mol. The van der Waals surface area contributed by atoms with Crippen LogP contribution in [0.4, 0.5) is 5.69 Å². The van der Waals surface area contributed by atoms with Gasteiger partial charge in [0.15, 0.2) is 0 Å². The number of hydrogen-bond acceptors (Lipinski definition) is 4. The highest BCUT2D eigenvalue weighted by Gasteiger charge is 2.28. The fraction of sp³-hybridized carbons (Fsp3) is 0.182. The Balaban J connectivity index is 1.62. The minimum absolute atomic E-state index is 0.0333. The van der Waals surface area contributed by atoms with Crippen LogP contribution < -0.4 is 0 Å². The summed E-state index contributed by atoms with van der Waals surface area (Å²) in [7, 11) is -2.25. The van der Waals surface area contributed by atoms with Crippen molar-refractivity contribution in [1.82, 2.24) is 4.31 Å². The quantitative estimate of drug-likeness (QED) is 0.358. The molecule has 0 fully saturated rings. The van der Waals surface area contributed by atoms with Gasteiger partial charge in [-0.15, -0.1) is 0 Å². The van der Waals surface area contributed by atoms with E-state index in [1.807, 2.05) is 25.1 Å². The van der Waals surface area contributed by atoms with Crippen molar-refractivity contribution in [2.45, 2.75) is 24.3 Å². The summed E-state index contributed by atoms with van der Waals surface area (Å²) in [6.45, 7) is 1.84. The van der Waals surface area contributed by atoms with Crippen molar-refractivity contribution in [3.05, 3.63) is 93.5 Å². The lowest BCUT2D eigenvalue weighted by molar-refractivity contribution is -0.384. The molecule has 0 amide bonds. The third-order valence-electron chi connectivity index (χ3n) is 5.57. The van der Waals surface area contributed by atoms with Gasteiger partial charge in [0, 0.05) is 25.2 Å². The maximum absolute atomic E-state index is 13.0. The molecule has 3 aromatic rings. The van der Waals surface area contributed by atoms with Crippen molar-refractivity contribution in [1.29, 1.82) is 0 Å². The van der Waals surface area contributed by atoms with Gasteiger partial charge in [-0.2, -0.15) is 4.31 Å². The second-order valence-corrected chi connectivity index (χ2v) is 9.20. The number of rotatable bonds is 5. The Kier molecular flexibility index (Phi) is 4.72. The molecule has 4 rings (SSSR count). The SMILES string of the molecule is C[C@@H](c1ccc2c(c1)Cc1ccccc1-2)N(C)S(=O)(=O)c1ccc([N+](=O)[O-])cc1. The van der Waals surface area contributed by atoms with Crippen molar-refractivity contribution in [2.75, 3.05) is 7.05 Å². The van der Waals surface area contributed by atoms with E-state index in [1.165, 1.54) is 57.9 Å². The molecule has 0 heterocycles. The Morgan fingerprint density at radius 2 is 1.62 bits per heavy atom. The van der Waals surface area contributed by atoms with E-state index in [9.17, 15) is 18.5 Å². The van der Waals surface area contributed by atoms with Gasteiger partial charge in [0.25, 0.3) is 5.69 Å². The summed E-state index contributed by atoms with van der Waals surface area (Å²) in [6, 6.07) is 18.9. The van der Waals surface area contributed by atoms with E-state index in [0.717, 1.165) is 12.0 Å². The van der Waals surface area contributed by atoms with Crippen LogP contribution in [0.15, 0.2) is 71.6 Å². The number of nitrogens with zero attached hydrogens (tertiary/aromatic N) is 2. The van der Waals surface area contributed by atoms with E-state index in [1.54, 1.807) is 0 Å². The lowest BCUT2D eigenvalue weighted by Crippen LogP contribution is -2.29. The van der Waals surface area contributed by atoms with Gasteiger partial charge in [0.05, 0.1) is 9.82 Å². The third-order valence-corrected chi connectivity index (χ3v) is 7.51. The summed E-state index contributed by atoms with van der Waals surface area (Å²) in [5.74, 6) is 0. The minimum atomic E-state index is -3.79. The zero-order valence-electron chi connectivity index (χ0n) is 16.1. The van der Waals surface area contributed by atoms with Crippen LogP contribution >= 0.6 is 0 Å². The van der Waals surface area contributed by atoms with Crippen LogP contribution in [0, 0.1) is 10.1 Å². The maximum Gasteiger partial charge on any atom is 0.269 e. The van der Waals surface area contributed by atoms with Crippen molar-refractivity contribution in [3.63, 3.8) is 0 Å². The molecule has 1 aliphatic carbocycles. The largest absolute Gasteiger partial charge is 0.269 e. The van der Waals surface area contributed by atoms with Gasteiger partial charge in [0.2, 0.25) is 10.0 Å². The van der Waals surface area contributed by atoms with Gasteiger partial charge < -0.3 is 0 Å². The lowest BCUT2D eigenvalue weighted by atomic mass is 10.0. The maximum atomic E-state index is 13.0. The van der Waals surface area contributed by atoms with Gasteiger partial charge >= 0.3 is 0 Å². The van der Waals surface area contributed by atoms with Gasteiger partial charge in [-0.3, -0.25) is 10.1 Å². The zero-order chi connectivity index (χ0) is 20.8. The van der Waals surface area contributed by atoms with Gasteiger partial charge in [-0.25, -0.2) is 8.42 Å². The fourth-order valence-corrected chi connectivity index (χ4v) is 5.10. The Morgan fingerprint density at radius 1 is 0.966 bits per heavy atom. The summed E-state index contributed by atoms with van der Waals surface area (Å²) >= 11 is 0. The van der Waals surface area contributed by atoms with Crippen LogP contribution in [-0.2, 0) is 16.4 Å². The molecule has 0 N–H and O–H groups in total. The average Bonchev–Trinajstić information content (AvgIpc) is 3.10. The Bertz CT molecular complexity index is 1200. The summed E-state index contributed by atoms with van der Waals surface area (Å²) in [4.78, 5) is 10.3. The molecule has 29 heavy (non-hydrogen) atoms. The molecule has 7 heteroatoms. The normalized spacial score (nSPS) is 13.8. The Labute approximate surface area is 169 Å². The first-order valence-electron chi connectivity index (χ1n) is 9.22. The number of nitro groups is 1. The summed E-state index contributed by atoms with van der Waals surface area (Å²) in [5, 5.41) is 10.8. The molecule has 1 aliphatic rings. The number of fused-ring (bicyclic) bond motifs is 3. The topological polar surface area (TPSA) is 80.5 Å². The van der Waals surface area contributed by atoms with Crippen LogP contribution in [0.25, 0.3) is 11.1 Å². The van der Waals surface area contributed by atoms with E-state index in [2.05, 4.69) is 24.3 Å². The van der Waals surface area contributed by atoms with E-state index >= 15 is 0 Å². The highest BCUT2D eigenvalue weighted by molar-refractivity contribution is 7.89. The number of benzene rings is 3. The molecule has 6 nitrogen and oxygen atoms in total. The molecule has 0 saturated heterocycles.